The summed E-state index contributed by atoms with van der Waals surface area (Å²) in [5.74, 6) is 0.488. The molecule has 1 aromatic heterocycles. The maximum absolute atomic E-state index is 13.2. The molecular weight excluding hydrogens is 607 g/mol. The number of benzene rings is 3. The fourth-order valence-corrected chi connectivity index (χ4v) is 5.92. The molecule has 1 aliphatic rings. The highest BCUT2D eigenvalue weighted by molar-refractivity contribution is 9.10. The SMILES string of the molecule is Cc1ccc(OCCn2cc(/C=C3\SC(=O)N(Cc4ccc(Cl)cc4Cl)C3=O)c3cc(Br)ccc32)cc1C. The van der Waals surface area contributed by atoms with Gasteiger partial charge in [0.25, 0.3) is 11.1 Å². The third-order valence-corrected chi connectivity index (χ3v) is 8.44. The van der Waals surface area contributed by atoms with Crippen molar-refractivity contribution in [1.29, 1.82) is 0 Å². The minimum Gasteiger partial charge on any atom is -0.492 e. The van der Waals surface area contributed by atoms with Gasteiger partial charge in [0.05, 0.1) is 18.0 Å². The van der Waals surface area contributed by atoms with E-state index in [0.29, 0.717) is 33.7 Å². The number of aryl methyl sites for hydroxylation is 2. The van der Waals surface area contributed by atoms with Gasteiger partial charge in [0.15, 0.2) is 0 Å². The Labute approximate surface area is 243 Å². The minimum absolute atomic E-state index is 0.0845. The average molecular weight is 630 g/mol. The van der Waals surface area contributed by atoms with E-state index in [2.05, 4.69) is 40.4 Å². The summed E-state index contributed by atoms with van der Waals surface area (Å²) in [5.41, 5.74) is 4.93. The van der Waals surface area contributed by atoms with E-state index in [-0.39, 0.29) is 17.7 Å². The molecule has 9 heteroatoms. The van der Waals surface area contributed by atoms with E-state index < -0.39 is 0 Å². The summed E-state index contributed by atoms with van der Waals surface area (Å²) in [6.45, 7) is 5.33. The second-order valence-corrected chi connectivity index (χ2v) is 11.8. The molecule has 5 nitrogen and oxygen atoms in total. The molecule has 194 valence electrons. The number of rotatable bonds is 7. The Morgan fingerprint density at radius 1 is 1.00 bits per heavy atom. The number of fused-ring (bicyclic) bond motifs is 1. The second-order valence-electron chi connectivity index (χ2n) is 9.04. The lowest BCUT2D eigenvalue weighted by atomic mass is 10.1. The van der Waals surface area contributed by atoms with E-state index in [9.17, 15) is 9.59 Å². The van der Waals surface area contributed by atoms with Crippen LogP contribution in [0.4, 0.5) is 4.79 Å². The molecule has 0 spiro atoms. The smallest absolute Gasteiger partial charge is 0.293 e. The number of imide groups is 1. The molecule has 1 aliphatic heterocycles. The largest absolute Gasteiger partial charge is 0.492 e. The van der Waals surface area contributed by atoms with E-state index in [1.165, 1.54) is 16.0 Å². The number of carbonyl (C=O) groups excluding carboxylic acids is 2. The van der Waals surface area contributed by atoms with Gasteiger partial charge >= 0.3 is 0 Å². The molecule has 0 saturated carbocycles. The van der Waals surface area contributed by atoms with Crippen LogP contribution in [0, 0.1) is 13.8 Å². The number of ether oxygens (including phenoxy) is 1. The van der Waals surface area contributed by atoms with E-state index >= 15 is 0 Å². The average Bonchev–Trinajstić information content (AvgIpc) is 3.34. The maximum Gasteiger partial charge on any atom is 0.293 e. The van der Waals surface area contributed by atoms with Crippen molar-refractivity contribution in [3.8, 4) is 5.75 Å². The quantitative estimate of drug-likeness (QED) is 0.192. The Kier molecular flexibility index (Phi) is 7.91. The number of amides is 2. The summed E-state index contributed by atoms with van der Waals surface area (Å²) in [4.78, 5) is 27.5. The van der Waals surface area contributed by atoms with Gasteiger partial charge in [-0.05, 0) is 90.8 Å². The van der Waals surface area contributed by atoms with Gasteiger partial charge in [0.1, 0.15) is 12.4 Å². The van der Waals surface area contributed by atoms with E-state index in [0.717, 1.165) is 38.5 Å². The van der Waals surface area contributed by atoms with Gasteiger partial charge in [-0.15, -0.1) is 0 Å². The first-order valence-electron chi connectivity index (χ1n) is 11.9. The third kappa shape index (κ3) is 5.66. The lowest BCUT2D eigenvalue weighted by Crippen LogP contribution is -2.27. The van der Waals surface area contributed by atoms with Gasteiger partial charge in [0.2, 0.25) is 0 Å². The molecule has 4 aromatic rings. The van der Waals surface area contributed by atoms with Crippen molar-refractivity contribution in [1.82, 2.24) is 9.47 Å². The number of hydrogen-bond acceptors (Lipinski definition) is 4. The molecule has 2 amide bonds. The maximum atomic E-state index is 13.2. The summed E-state index contributed by atoms with van der Waals surface area (Å²) >= 11 is 16.7. The summed E-state index contributed by atoms with van der Waals surface area (Å²) < 4.78 is 9.03. The van der Waals surface area contributed by atoms with Crippen molar-refractivity contribution >= 4 is 79.0 Å². The van der Waals surface area contributed by atoms with Crippen molar-refractivity contribution in [3.63, 3.8) is 0 Å². The standard InChI is InChI=1S/C29H23BrCl2N2O3S/c1-17-3-7-23(11-18(17)2)37-10-9-33-15-20(24-13-21(30)5-8-26(24)33)12-27-28(35)34(29(36)38-27)16-19-4-6-22(31)14-25(19)32/h3-8,11-15H,9-10,16H2,1-2H3/b27-12-. The molecule has 0 unspecified atom stereocenters. The lowest BCUT2D eigenvalue weighted by Gasteiger charge is -2.13. The molecule has 2 heterocycles. The zero-order valence-electron chi connectivity index (χ0n) is 20.6. The molecular formula is C29H23BrCl2N2O3S. The monoisotopic (exact) mass is 628 g/mol. The van der Waals surface area contributed by atoms with E-state index in [4.69, 9.17) is 27.9 Å². The van der Waals surface area contributed by atoms with E-state index in [1.54, 1.807) is 24.3 Å². The Bertz CT molecular complexity index is 1620. The van der Waals surface area contributed by atoms with Crippen molar-refractivity contribution in [2.24, 2.45) is 0 Å². The Hall–Kier alpha value is -2.71. The Balaban J connectivity index is 1.38. The fraction of sp³-hybridized carbons (Fsp3) is 0.172. The molecule has 1 saturated heterocycles. The summed E-state index contributed by atoms with van der Waals surface area (Å²) in [7, 11) is 0. The van der Waals surface area contributed by atoms with E-state index in [1.807, 2.05) is 36.5 Å². The first kappa shape index (κ1) is 26.9. The summed E-state index contributed by atoms with van der Waals surface area (Å²) in [6, 6.07) is 17.1. The molecule has 38 heavy (non-hydrogen) atoms. The van der Waals surface area contributed by atoms with Gasteiger partial charge in [-0.25, -0.2) is 0 Å². The van der Waals surface area contributed by atoms with Gasteiger partial charge in [-0.3, -0.25) is 14.5 Å². The predicted molar refractivity (Wildman–Crippen MR) is 159 cm³/mol. The molecule has 0 atom stereocenters. The molecule has 1 fully saturated rings. The van der Waals surface area contributed by atoms with Crippen LogP contribution >= 0.6 is 50.9 Å². The third-order valence-electron chi connectivity index (χ3n) is 6.46. The Morgan fingerprint density at radius 3 is 2.58 bits per heavy atom. The highest BCUT2D eigenvalue weighted by Crippen LogP contribution is 2.36. The number of thioether (sulfide) groups is 1. The van der Waals surface area contributed by atoms with Crippen LogP contribution in [0.3, 0.4) is 0 Å². The van der Waals surface area contributed by atoms with Crippen LogP contribution in [0.25, 0.3) is 17.0 Å². The highest BCUT2D eigenvalue weighted by atomic mass is 79.9. The van der Waals surface area contributed by atoms with Crippen molar-refractivity contribution in [3.05, 3.63) is 102 Å². The number of nitrogens with zero attached hydrogens (tertiary/aromatic N) is 2. The number of hydrogen-bond donors (Lipinski definition) is 0. The molecule has 0 aliphatic carbocycles. The van der Waals surface area contributed by atoms with Crippen LogP contribution in [0.15, 0.2) is 70.2 Å². The van der Waals surface area contributed by atoms with Crippen molar-refractivity contribution in [2.75, 3.05) is 6.61 Å². The number of halogens is 3. The van der Waals surface area contributed by atoms with Crippen LogP contribution in [0.1, 0.15) is 22.3 Å². The first-order chi connectivity index (χ1) is 18.2. The van der Waals surface area contributed by atoms with Crippen LogP contribution in [-0.4, -0.2) is 27.2 Å². The van der Waals surface area contributed by atoms with Crippen LogP contribution < -0.4 is 4.74 Å². The van der Waals surface area contributed by atoms with Gasteiger partial charge in [0, 0.05) is 37.2 Å². The highest BCUT2D eigenvalue weighted by Gasteiger charge is 2.35. The van der Waals surface area contributed by atoms with Gasteiger partial charge in [-0.1, -0.05) is 51.3 Å². The fourth-order valence-electron chi connectivity index (χ4n) is 4.26. The topological polar surface area (TPSA) is 51.5 Å². The predicted octanol–water partition coefficient (Wildman–Crippen LogP) is 8.64. The lowest BCUT2D eigenvalue weighted by molar-refractivity contribution is -0.123. The molecule has 0 N–H and O–H groups in total. The van der Waals surface area contributed by atoms with Gasteiger partial charge in [-0.2, -0.15) is 0 Å². The summed E-state index contributed by atoms with van der Waals surface area (Å²) in [6.07, 6.45) is 3.77. The van der Waals surface area contributed by atoms with Crippen LogP contribution in [-0.2, 0) is 17.9 Å². The zero-order chi connectivity index (χ0) is 27.0. The molecule has 0 bridgehead atoms. The van der Waals surface area contributed by atoms with Crippen LogP contribution in [0.5, 0.6) is 5.75 Å². The summed E-state index contributed by atoms with van der Waals surface area (Å²) in [5, 5.41) is 1.54. The first-order valence-corrected chi connectivity index (χ1v) is 14.2. The second kappa shape index (κ2) is 11.2. The molecule has 3 aromatic carbocycles. The zero-order valence-corrected chi connectivity index (χ0v) is 24.5. The van der Waals surface area contributed by atoms with Crippen molar-refractivity contribution in [2.45, 2.75) is 26.9 Å². The Morgan fingerprint density at radius 2 is 1.82 bits per heavy atom. The molecule has 5 rings (SSSR count). The number of aromatic nitrogens is 1. The van der Waals surface area contributed by atoms with Crippen molar-refractivity contribution < 1.29 is 14.3 Å². The minimum atomic E-state index is -0.347. The normalized spacial score (nSPS) is 14.8. The number of carbonyl (C=O) groups is 2. The molecule has 0 radical (unpaired) electrons. The van der Waals surface area contributed by atoms with Gasteiger partial charge < -0.3 is 9.30 Å². The van der Waals surface area contributed by atoms with Crippen LogP contribution in [0.2, 0.25) is 10.0 Å².